The lowest BCUT2D eigenvalue weighted by Gasteiger charge is -1.94. The van der Waals surface area contributed by atoms with Gasteiger partial charge in [-0.15, -0.1) is 0 Å². The molecule has 0 aliphatic heterocycles. The van der Waals surface area contributed by atoms with Crippen LogP contribution in [0, 0.1) is 11.8 Å². The van der Waals surface area contributed by atoms with Gasteiger partial charge in [0.2, 0.25) is 5.28 Å². The lowest BCUT2D eigenvalue weighted by molar-refractivity contribution is 0.350. The van der Waals surface area contributed by atoms with Crippen LogP contribution in [0.5, 0.6) is 0 Å². The van der Waals surface area contributed by atoms with Gasteiger partial charge in [-0.05, 0) is 11.6 Å². The van der Waals surface area contributed by atoms with E-state index >= 15 is 0 Å². The molecule has 0 bridgehead atoms. The van der Waals surface area contributed by atoms with Crippen LogP contribution in [0.2, 0.25) is 10.4 Å². The van der Waals surface area contributed by atoms with Gasteiger partial charge in [-0.1, -0.05) is 23.4 Å². The molecular formula is C9H5Cl2N3O. The maximum absolute atomic E-state index is 8.58. The van der Waals surface area contributed by atoms with Crippen molar-refractivity contribution >= 4 is 34.2 Å². The molecule has 0 aromatic carbocycles. The van der Waals surface area contributed by atoms with Crippen molar-refractivity contribution in [3.63, 3.8) is 0 Å². The van der Waals surface area contributed by atoms with E-state index in [4.69, 9.17) is 28.3 Å². The second-order valence-corrected chi connectivity index (χ2v) is 3.37. The molecule has 2 heterocycles. The van der Waals surface area contributed by atoms with Gasteiger partial charge in [0.25, 0.3) is 0 Å². The van der Waals surface area contributed by atoms with Crippen LogP contribution in [0.25, 0.3) is 11.0 Å². The Morgan fingerprint density at radius 3 is 2.93 bits per heavy atom. The van der Waals surface area contributed by atoms with Gasteiger partial charge in [0, 0.05) is 6.20 Å². The Balaban J connectivity index is 2.69. The fraction of sp³-hybridized carbons (Fsp3) is 0.111. The zero-order chi connectivity index (χ0) is 10.8. The average Bonchev–Trinajstić information content (AvgIpc) is 2.58. The number of hydrogen-bond acceptors (Lipinski definition) is 3. The predicted molar refractivity (Wildman–Crippen MR) is 57.9 cm³/mol. The topological polar surface area (TPSA) is 61.8 Å². The van der Waals surface area contributed by atoms with Crippen molar-refractivity contribution in [2.45, 2.75) is 0 Å². The van der Waals surface area contributed by atoms with Crippen molar-refractivity contribution in [3.05, 3.63) is 22.2 Å². The van der Waals surface area contributed by atoms with E-state index in [1.54, 1.807) is 6.20 Å². The number of nitrogens with zero attached hydrogens (tertiary/aromatic N) is 2. The van der Waals surface area contributed by atoms with E-state index in [2.05, 4.69) is 26.8 Å². The maximum Gasteiger partial charge on any atom is 0.225 e. The molecule has 0 radical (unpaired) electrons. The van der Waals surface area contributed by atoms with Crippen LogP contribution in [0.1, 0.15) is 5.56 Å². The first-order valence-corrected chi connectivity index (χ1v) is 4.78. The van der Waals surface area contributed by atoms with Gasteiger partial charge >= 0.3 is 0 Å². The van der Waals surface area contributed by atoms with Crippen LogP contribution >= 0.6 is 23.2 Å². The second-order valence-electron chi connectivity index (χ2n) is 2.67. The fourth-order valence-corrected chi connectivity index (χ4v) is 1.68. The van der Waals surface area contributed by atoms with Crippen LogP contribution in [0.15, 0.2) is 6.20 Å². The highest BCUT2D eigenvalue weighted by Gasteiger charge is 2.09. The zero-order valence-electron chi connectivity index (χ0n) is 7.38. The minimum atomic E-state index is -0.210. The number of H-pyrrole nitrogens is 1. The van der Waals surface area contributed by atoms with Crippen molar-refractivity contribution in [3.8, 4) is 11.8 Å². The highest BCUT2D eigenvalue weighted by atomic mass is 35.5. The van der Waals surface area contributed by atoms with E-state index < -0.39 is 0 Å². The van der Waals surface area contributed by atoms with Gasteiger partial charge in [0.1, 0.15) is 17.4 Å². The van der Waals surface area contributed by atoms with Crippen molar-refractivity contribution in [2.24, 2.45) is 0 Å². The Morgan fingerprint density at radius 2 is 2.20 bits per heavy atom. The number of aliphatic hydroxyl groups excluding tert-OH is 1. The monoisotopic (exact) mass is 241 g/mol. The normalized spacial score (nSPS) is 10.1. The molecule has 2 N–H and O–H groups in total. The number of aromatic nitrogens is 3. The largest absolute Gasteiger partial charge is 0.384 e. The SMILES string of the molecule is OCC#Cc1c[nH]c2nc(Cl)nc(Cl)c12. The Morgan fingerprint density at radius 1 is 1.40 bits per heavy atom. The quantitative estimate of drug-likeness (QED) is 0.419. The molecule has 0 unspecified atom stereocenters. The lowest BCUT2D eigenvalue weighted by atomic mass is 10.2. The molecule has 0 fully saturated rings. The van der Waals surface area contributed by atoms with Gasteiger partial charge in [0.15, 0.2) is 0 Å². The number of nitrogens with one attached hydrogen (secondary N) is 1. The molecule has 0 spiro atoms. The third-order valence-corrected chi connectivity index (χ3v) is 2.20. The standard InChI is InChI=1S/C9H5Cl2N3O/c10-7-6-5(2-1-3-15)4-12-8(6)14-9(11)13-7/h4,15H,3H2,(H,12,13,14). The summed E-state index contributed by atoms with van der Waals surface area (Å²) in [5.41, 5.74) is 1.17. The molecule has 0 aliphatic carbocycles. The minimum Gasteiger partial charge on any atom is -0.384 e. The first-order valence-electron chi connectivity index (χ1n) is 4.02. The summed E-state index contributed by atoms with van der Waals surface area (Å²) in [5, 5.41) is 9.52. The fourth-order valence-electron chi connectivity index (χ4n) is 1.20. The van der Waals surface area contributed by atoms with Crippen LogP contribution < -0.4 is 0 Å². The molecule has 4 nitrogen and oxygen atoms in total. The molecule has 2 aromatic rings. The van der Waals surface area contributed by atoms with Gasteiger partial charge < -0.3 is 10.1 Å². The zero-order valence-corrected chi connectivity index (χ0v) is 8.89. The van der Waals surface area contributed by atoms with Gasteiger partial charge in [-0.25, -0.2) is 4.98 Å². The van der Waals surface area contributed by atoms with Crippen molar-refractivity contribution < 1.29 is 5.11 Å². The molecule has 15 heavy (non-hydrogen) atoms. The van der Waals surface area contributed by atoms with Gasteiger partial charge in [0.05, 0.1) is 10.9 Å². The molecule has 0 saturated carbocycles. The summed E-state index contributed by atoms with van der Waals surface area (Å²) in [6, 6.07) is 0. The molecule has 76 valence electrons. The summed E-state index contributed by atoms with van der Waals surface area (Å²) >= 11 is 11.5. The minimum absolute atomic E-state index is 0.0796. The third-order valence-electron chi connectivity index (χ3n) is 1.76. The number of fused-ring (bicyclic) bond motifs is 1. The Bertz CT molecular complexity index is 568. The number of aliphatic hydroxyl groups is 1. The number of aromatic amines is 1. The summed E-state index contributed by atoms with van der Waals surface area (Å²) < 4.78 is 0. The van der Waals surface area contributed by atoms with Crippen LogP contribution in [-0.2, 0) is 0 Å². The van der Waals surface area contributed by atoms with Crippen LogP contribution in [0.3, 0.4) is 0 Å². The molecular weight excluding hydrogens is 237 g/mol. The first-order chi connectivity index (χ1) is 7.22. The summed E-state index contributed by atoms with van der Waals surface area (Å²) in [7, 11) is 0. The molecule has 0 aliphatic rings. The molecule has 0 amide bonds. The van der Waals surface area contributed by atoms with Crippen molar-refractivity contribution in [1.29, 1.82) is 0 Å². The summed E-state index contributed by atoms with van der Waals surface area (Å²) in [4.78, 5) is 10.6. The summed E-state index contributed by atoms with van der Waals surface area (Å²) in [6.07, 6.45) is 1.64. The number of rotatable bonds is 0. The Kier molecular flexibility index (Phi) is 2.78. The maximum atomic E-state index is 8.58. The van der Waals surface area contributed by atoms with E-state index in [1.807, 2.05) is 0 Å². The second kappa shape index (κ2) is 4.07. The molecule has 6 heteroatoms. The number of halogens is 2. The molecule has 2 rings (SSSR count). The highest BCUT2D eigenvalue weighted by Crippen LogP contribution is 2.24. The van der Waals surface area contributed by atoms with Gasteiger partial charge in [-0.3, -0.25) is 0 Å². The first kappa shape index (κ1) is 10.2. The molecule has 0 atom stereocenters. The predicted octanol–water partition coefficient (Wildman–Crippen LogP) is 1.61. The Hall–Kier alpha value is -1.28. The van der Waals surface area contributed by atoms with Crippen LogP contribution in [-0.4, -0.2) is 26.7 Å². The summed E-state index contributed by atoms with van der Waals surface area (Å²) in [5.74, 6) is 5.26. The van der Waals surface area contributed by atoms with Crippen molar-refractivity contribution in [2.75, 3.05) is 6.61 Å². The van der Waals surface area contributed by atoms with E-state index in [-0.39, 0.29) is 17.0 Å². The average molecular weight is 242 g/mol. The van der Waals surface area contributed by atoms with Crippen LogP contribution in [0.4, 0.5) is 0 Å². The van der Waals surface area contributed by atoms with Gasteiger partial charge in [-0.2, -0.15) is 4.98 Å². The molecule has 2 aromatic heterocycles. The van der Waals surface area contributed by atoms with E-state index in [0.717, 1.165) is 0 Å². The van der Waals surface area contributed by atoms with E-state index in [9.17, 15) is 0 Å². The Labute approximate surface area is 95.3 Å². The third kappa shape index (κ3) is 1.90. The number of hydrogen-bond donors (Lipinski definition) is 2. The van der Waals surface area contributed by atoms with E-state index in [1.165, 1.54) is 0 Å². The highest BCUT2D eigenvalue weighted by molar-refractivity contribution is 6.36. The van der Waals surface area contributed by atoms with E-state index in [0.29, 0.717) is 16.6 Å². The molecule has 0 saturated heterocycles. The van der Waals surface area contributed by atoms with Crippen molar-refractivity contribution in [1.82, 2.24) is 15.0 Å². The lowest BCUT2D eigenvalue weighted by Crippen LogP contribution is -1.85. The smallest absolute Gasteiger partial charge is 0.225 e. The summed E-state index contributed by atoms with van der Waals surface area (Å²) in [6.45, 7) is -0.210.